The van der Waals surface area contributed by atoms with Gasteiger partial charge < -0.3 is 10.5 Å². The SMILES string of the molecule is CC(C)(C)[C@H](N)COc1ccc(C(F)(F)F)c(-c2[nH]nc3ncccc23)n1. The molecule has 0 aromatic carbocycles. The molecule has 3 rings (SSSR count). The average Bonchev–Trinajstić information content (AvgIpc) is 3.01. The van der Waals surface area contributed by atoms with Crippen LogP contribution in [0.1, 0.15) is 26.3 Å². The zero-order valence-electron chi connectivity index (χ0n) is 15.1. The van der Waals surface area contributed by atoms with E-state index in [-0.39, 0.29) is 35.3 Å². The van der Waals surface area contributed by atoms with Crippen molar-refractivity contribution < 1.29 is 17.9 Å². The predicted molar refractivity (Wildman–Crippen MR) is 95.0 cm³/mol. The molecule has 0 saturated carbocycles. The lowest BCUT2D eigenvalue weighted by atomic mass is 9.88. The maximum atomic E-state index is 13.5. The van der Waals surface area contributed by atoms with Crippen LogP contribution >= 0.6 is 0 Å². The molecule has 0 spiro atoms. The fourth-order valence-electron chi connectivity index (χ4n) is 2.40. The maximum absolute atomic E-state index is 13.5. The number of aromatic amines is 1. The van der Waals surface area contributed by atoms with Crippen molar-refractivity contribution in [2.24, 2.45) is 11.1 Å². The fourth-order valence-corrected chi connectivity index (χ4v) is 2.40. The van der Waals surface area contributed by atoms with E-state index in [2.05, 4.69) is 20.2 Å². The number of pyridine rings is 2. The molecule has 0 aliphatic carbocycles. The normalized spacial score (nSPS) is 13.7. The van der Waals surface area contributed by atoms with E-state index in [0.717, 1.165) is 6.07 Å². The first-order valence-electron chi connectivity index (χ1n) is 8.33. The van der Waals surface area contributed by atoms with Crippen LogP contribution in [-0.2, 0) is 6.18 Å². The lowest BCUT2D eigenvalue weighted by molar-refractivity contribution is -0.137. The Balaban J connectivity index is 2.02. The Morgan fingerprint density at radius 2 is 1.93 bits per heavy atom. The molecule has 0 aliphatic rings. The fraction of sp³-hybridized carbons (Fsp3) is 0.389. The number of H-pyrrole nitrogens is 1. The summed E-state index contributed by atoms with van der Waals surface area (Å²) in [7, 11) is 0. The number of aromatic nitrogens is 4. The van der Waals surface area contributed by atoms with Crippen LogP contribution in [0.5, 0.6) is 5.88 Å². The standard InChI is InChI=1S/C18H20F3N5O/c1-17(2,3)12(22)9-27-13-7-6-11(18(19,20)21)15(24-13)14-10-5-4-8-23-16(10)26-25-14/h4-8,12H,9,22H2,1-3H3,(H,23,25,26)/t12-/m1/s1. The quantitative estimate of drug-likeness (QED) is 0.720. The number of ether oxygens (including phenoxy) is 1. The molecule has 144 valence electrons. The van der Waals surface area contributed by atoms with Gasteiger partial charge in [0.15, 0.2) is 5.65 Å². The second-order valence-electron chi connectivity index (χ2n) is 7.30. The van der Waals surface area contributed by atoms with E-state index in [4.69, 9.17) is 10.5 Å². The summed E-state index contributed by atoms with van der Waals surface area (Å²) in [5.41, 5.74) is 5.11. The smallest absolute Gasteiger partial charge is 0.418 e. The summed E-state index contributed by atoms with van der Waals surface area (Å²) < 4.78 is 46.0. The minimum atomic E-state index is -4.58. The van der Waals surface area contributed by atoms with E-state index in [0.29, 0.717) is 11.0 Å². The van der Waals surface area contributed by atoms with Gasteiger partial charge in [-0.25, -0.2) is 9.97 Å². The molecule has 0 unspecified atom stereocenters. The van der Waals surface area contributed by atoms with Gasteiger partial charge in [-0.15, -0.1) is 0 Å². The van der Waals surface area contributed by atoms with Crippen LogP contribution in [0.3, 0.4) is 0 Å². The third-order valence-corrected chi connectivity index (χ3v) is 4.26. The highest BCUT2D eigenvalue weighted by Gasteiger charge is 2.36. The Morgan fingerprint density at radius 3 is 2.59 bits per heavy atom. The van der Waals surface area contributed by atoms with Crippen molar-refractivity contribution in [2.75, 3.05) is 6.61 Å². The number of alkyl halides is 3. The molecule has 6 nitrogen and oxygen atoms in total. The minimum Gasteiger partial charge on any atom is -0.476 e. The highest BCUT2D eigenvalue weighted by molar-refractivity contribution is 5.90. The van der Waals surface area contributed by atoms with Gasteiger partial charge in [0.2, 0.25) is 5.88 Å². The van der Waals surface area contributed by atoms with E-state index >= 15 is 0 Å². The molecule has 3 N–H and O–H groups in total. The molecule has 27 heavy (non-hydrogen) atoms. The van der Waals surface area contributed by atoms with Gasteiger partial charge in [0.25, 0.3) is 0 Å². The topological polar surface area (TPSA) is 89.7 Å². The van der Waals surface area contributed by atoms with Crippen molar-refractivity contribution in [3.05, 3.63) is 36.0 Å². The second kappa shape index (κ2) is 6.80. The van der Waals surface area contributed by atoms with E-state index in [9.17, 15) is 13.2 Å². The first-order chi connectivity index (χ1) is 12.6. The van der Waals surface area contributed by atoms with Crippen molar-refractivity contribution in [3.63, 3.8) is 0 Å². The number of rotatable bonds is 4. The number of nitrogens with one attached hydrogen (secondary N) is 1. The average molecular weight is 379 g/mol. The highest BCUT2D eigenvalue weighted by atomic mass is 19.4. The van der Waals surface area contributed by atoms with Gasteiger partial charge in [-0.05, 0) is 23.6 Å². The number of hydrogen-bond acceptors (Lipinski definition) is 5. The van der Waals surface area contributed by atoms with E-state index in [1.54, 1.807) is 12.1 Å². The molecule has 0 bridgehead atoms. The first kappa shape index (κ1) is 19.1. The Bertz CT molecular complexity index is 946. The lowest BCUT2D eigenvalue weighted by Gasteiger charge is -2.26. The lowest BCUT2D eigenvalue weighted by Crippen LogP contribution is -2.40. The third-order valence-electron chi connectivity index (χ3n) is 4.26. The second-order valence-corrected chi connectivity index (χ2v) is 7.30. The van der Waals surface area contributed by atoms with Crippen molar-refractivity contribution in [2.45, 2.75) is 33.0 Å². The van der Waals surface area contributed by atoms with Gasteiger partial charge in [0.1, 0.15) is 12.3 Å². The predicted octanol–water partition coefficient (Wildman–Crippen LogP) is 3.79. The number of hydrogen-bond donors (Lipinski definition) is 2. The molecule has 0 radical (unpaired) electrons. The zero-order valence-corrected chi connectivity index (χ0v) is 15.1. The largest absolute Gasteiger partial charge is 0.476 e. The van der Waals surface area contributed by atoms with E-state index in [1.165, 1.54) is 12.3 Å². The van der Waals surface area contributed by atoms with Crippen LogP contribution in [0.4, 0.5) is 13.2 Å². The molecule has 3 heterocycles. The molecule has 0 amide bonds. The summed E-state index contributed by atoms with van der Waals surface area (Å²) in [5, 5.41) is 7.00. The molecule has 9 heteroatoms. The minimum absolute atomic E-state index is 0.0596. The Labute approximate surface area is 154 Å². The summed E-state index contributed by atoms with van der Waals surface area (Å²) in [6, 6.07) is 5.09. The first-order valence-corrected chi connectivity index (χ1v) is 8.33. The summed E-state index contributed by atoms with van der Waals surface area (Å²) in [6.45, 7) is 6.00. The summed E-state index contributed by atoms with van der Waals surface area (Å²) >= 11 is 0. The molecule has 0 aliphatic heterocycles. The zero-order chi connectivity index (χ0) is 19.8. The third kappa shape index (κ3) is 4.02. The van der Waals surface area contributed by atoms with Crippen molar-refractivity contribution in [1.82, 2.24) is 20.2 Å². The number of nitrogens with two attached hydrogens (primary N) is 1. The number of nitrogens with zero attached hydrogens (tertiary/aromatic N) is 3. The summed E-state index contributed by atoms with van der Waals surface area (Å²) in [4.78, 5) is 8.12. The number of halogens is 3. The Morgan fingerprint density at radius 1 is 1.19 bits per heavy atom. The molecule has 1 atom stereocenters. The van der Waals surface area contributed by atoms with Crippen LogP contribution in [0.2, 0.25) is 0 Å². The van der Waals surface area contributed by atoms with Crippen LogP contribution in [0.25, 0.3) is 22.4 Å². The molecule has 0 fully saturated rings. The maximum Gasteiger partial charge on any atom is 0.418 e. The van der Waals surface area contributed by atoms with Crippen molar-refractivity contribution in [3.8, 4) is 17.3 Å². The van der Waals surface area contributed by atoms with Crippen LogP contribution in [0.15, 0.2) is 30.5 Å². The molecular formula is C18H20F3N5O. The van der Waals surface area contributed by atoms with Crippen LogP contribution in [0, 0.1) is 5.41 Å². The number of fused-ring (bicyclic) bond motifs is 1. The van der Waals surface area contributed by atoms with Gasteiger partial charge in [-0.3, -0.25) is 5.10 Å². The van der Waals surface area contributed by atoms with Gasteiger partial charge in [-0.2, -0.15) is 18.3 Å². The molecule has 0 saturated heterocycles. The van der Waals surface area contributed by atoms with Crippen molar-refractivity contribution >= 4 is 11.0 Å². The Hall–Kier alpha value is -2.68. The summed E-state index contributed by atoms with van der Waals surface area (Å²) in [6.07, 6.45) is -3.07. The van der Waals surface area contributed by atoms with Crippen LogP contribution in [-0.4, -0.2) is 32.8 Å². The van der Waals surface area contributed by atoms with E-state index < -0.39 is 11.7 Å². The van der Waals surface area contributed by atoms with E-state index in [1.807, 2.05) is 20.8 Å². The van der Waals surface area contributed by atoms with Gasteiger partial charge >= 0.3 is 6.18 Å². The molecular weight excluding hydrogens is 359 g/mol. The van der Waals surface area contributed by atoms with Crippen molar-refractivity contribution in [1.29, 1.82) is 0 Å². The molecule has 3 aromatic rings. The van der Waals surface area contributed by atoms with Gasteiger partial charge in [0.05, 0.1) is 11.3 Å². The van der Waals surface area contributed by atoms with Crippen LogP contribution < -0.4 is 10.5 Å². The highest BCUT2D eigenvalue weighted by Crippen LogP contribution is 2.38. The van der Waals surface area contributed by atoms with Gasteiger partial charge in [0, 0.05) is 23.7 Å². The summed E-state index contributed by atoms with van der Waals surface area (Å²) in [5.74, 6) is 0.0596. The monoisotopic (exact) mass is 379 g/mol. The van der Waals surface area contributed by atoms with Gasteiger partial charge in [-0.1, -0.05) is 20.8 Å². The molecule has 3 aromatic heterocycles. The Kier molecular flexibility index (Phi) is 4.81.